The van der Waals surface area contributed by atoms with Crippen molar-refractivity contribution in [2.24, 2.45) is 0 Å². The van der Waals surface area contributed by atoms with E-state index in [9.17, 15) is 4.39 Å². The lowest BCUT2D eigenvalue weighted by atomic mass is 10.2. The predicted molar refractivity (Wildman–Crippen MR) is 88.8 cm³/mol. The molecule has 0 saturated carbocycles. The van der Waals surface area contributed by atoms with Gasteiger partial charge in [-0.2, -0.15) is 0 Å². The monoisotopic (exact) mass is 367 g/mol. The number of hydrogen-bond acceptors (Lipinski definition) is 3. The Hall–Kier alpha value is -1.59. The Balaban J connectivity index is 2.01. The second-order valence-corrected chi connectivity index (χ2v) is 5.63. The van der Waals surface area contributed by atoms with Crippen LogP contribution in [0.4, 0.5) is 4.39 Å². The largest absolute Gasteiger partial charge is 0.492 e. The molecule has 0 spiro atoms. The Morgan fingerprint density at radius 1 is 1.09 bits per heavy atom. The Bertz CT molecular complexity index is 617. The van der Waals surface area contributed by atoms with Gasteiger partial charge < -0.3 is 14.8 Å². The zero-order chi connectivity index (χ0) is 15.9. The summed E-state index contributed by atoms with van der Waals surface area (Å²) in [6.45, 7) is 3.87. The maximum atomic E-state index is 12.9. The van der Waals surface area contributed by atoms with E-state index < -0.39 is 0 Å². The highest BCUT2D eigenvalue weighted by Gasteiger charge is 2.10. The first-order chi connectivity index (χ1) is 10.6. The Labute approximate surface area is 138 Å². The Kier molecular flexibility index (Phi) is 6.21. The van der Waals surface area contributed by atoms with E-state index in [-0.39, 0.29) is 5.82 Å². The first-order valence-corrected chi connectivity index (χ1v) is 7.87. The second-order valence-electron chi connectivity index (χ2n) is 4.77. The zero-order valence-corrected chi connectivity index (χ0v) is 14.2. The third kappa shape index (κ3) is 4.45. The molecule has 0 heterocycles. The van der Waals surface area contributed by atoms with Crippen molar-refractivity contribution in [2.75, 3.05) is 13.7 Å². The highest BCUT2D eigenvalue weighted by Crippen LogP contribution is 2.36. The van der Waals surface area contributed by atoms with Gasteiger partial charge in [-0.25, -0.2) is 4.39 Å². The average Bonchev–Trinajstić information content (AvgIpc) is 2.49. The summed E-state index contributed by atoms with van der Waals surface area (Å²) in [7, 11) is 1.62. The summed E-state index contributed by atoms with van der Waals surface area (Å²) < 4.78 is 24.7. The molecule has 0 aliphatic rings. The van der Waals surface area contributed by atoms with Crippen molar-refractivity contribution in [3.05, 3.63) is 57.8 Å². The van der Waals surface area contributed by atoms with Gasteiger partial charge in [0.1, 0.15) is 5.82 Å². The molecule has 0 fully saturated rings. The van der Waals surface area contributed by atoms with E-state index in [2.05, 4.69) is 21.2 Å². The van der Waals surface area contributed by atoms with Gasteiger partial charge in [0.15, 0.2) is 11.5 Å². The number of halogens is 2. The van der Waals surface area contributed by atoms with Crippen molar-refractivity contribution in [3.63, 3.8) is 0 Å². The van der Waals surface area contributed by atoms with E-state index in [1.807, 2.05) is 19.1 Å². The average molecular weight is 368 g/mol. The van der Waals surface area contributed by atoms with Crippen LogP contribution >= 0.6 is 15.9 Å². The van der Waals surface area contributed by atoms with Gasteiger partial charge >= 0.3 is 0 Å². The quantitative estimate of drug-likeness (QED) is 0.791. The van der Waals surface area contributed by atoms with Crippen LogP contribution in [0.2, 0.25) is 0 Å². The summed E-state index contributed by atoms with van der Waals surface area (Å²) >= 11 is 3.50. The number of ether oxygens (including phenoxy) is 2. The van der Waals surface area contributed by atoms with Gasteiger partial charge in [0.25, 0.3) is 0 Å². The maximum absolute atomic E-state index is 12.9. The summed E-state index contributed by atoms with van der Waals surface area (Å²) in [4.78, 5) is 0. The number of nitrogens with one attached hydrogen (secondary N) is 1. The molecule has 0 amide bonds. The van der Waals surface area contributed by atoms with Crippen LogP contribution in [0.15, 0.2) is 40.9 Å². The second kappa shape index (κ2) is 8.15. The van der Waals surface area contributed by atoms with Gasteiger partial charge in [0, 0.05) is 13.1 Å². The van der Waals surface area contributed by atoms with Crippen molar-refractivity contribution in [1.29, 1.82) is 0 Å². The summed E-state index contributed by atoms with van der Waals surface area (Å²) in [6.07, 6.45) is 0. The first kappa shape index (κ1) is 16.8. The lowest BCUT2D eigenvalue weighted by Crippen LogP contribution is -2.13. The van der Waals surface area contributed by atoms with Gasteiger partial charge in [0.2, 0.25) is 0 Å². The predicted octanol–water partition coefficient (Wildman–Crippen LogP) is 4.29. The van der Waals surface area contributed by atoms with Crippen molar-refractivity contribution < 1.29 is 13.9 Å². The molecule has 3 nitrogen and oxygen atoms in total. The van der Waals surface area contributed by atoms with E-state index in [0.717, 1.165) is 21.3 Å². The fraction of sp³-hybridized carbons (Fsp3) is 0.294. The molecule has 5 heteroatoms. The molecule has 0 radical (unpaired) electrons. The molecule has 0 aliphatic heterocycles. The molecule has 22 heavy (non-hydrogen) atoms. The van der Waals surface area contributed by atoms with Gasteiger partial charge in [-0.05, 0) is 58.2 Å². The summed E-state index contributed by atoms with van der Waals surface area (Å²) in [5.41, 5.74) is 2.12. The van der Waals surface area contributed by atoms with Crippen LogP contribution in [0.3, 0.4) is 0 Å². The van der Waals surface area contributed by atoms with Gasteiger partial charge in [-0.15, -0.1) is 0 Å². The standard InChI is InChI=1S/C17H19BrFNO2/c1-3-22-16-9-13(8-15(18)17(16)21-2)11-20-10-12-4-6-14(19)7-5-12/h4-9,20H,3,10-11H2,1-2H3. The van der Waals surface area contributed by atoms with Crippen molar-refractivity contribution >= 4 is 15.9 Å². The zero-order valence-electron chi connectivity index (χ0n) is 12.7. The third-order valence-electron chi connectivity index (χ3n) is 3.14. The van der Waals surface area contributed by atoms with Gasteiger partial charge in [-0.3, -0.25) is 0 Å². The van der Waals surface area contributed by atoms with Crippen LogP contribution in [0.25, 0.3) is 0 Å². The lowest BCUT2D eigenvalue weighted by molar-refractivity contribution is 0.309. The van der Waals surface area contributed by atoms with E-state index >= 15 is 0 Å². The van der Waals surface area contributed by atoms with Crippen LogP contribution in [-0.2, 0) is 13.1 Å². The number of methoxy groups -OCH3 is 1. The molecule has 0 bridgehead atoms. The number of rotatable bonds is 7. The SMILES string of the molecule is CCOc1cc(CNCc2ccc(F)cc2)cc(Br)c1OC. The minimum atomic E-state index is -0.218. The number of hydrogen-bond donors (Lipinski definition) is 1. The smallest absolute Gasteiger partial charge is 0.174 e. The fourth-order valence-corrected chi connectivity index (χ4v) is 2.79. The van der Waals surface area contributed by atoms with Crippen LogP contribution in [0.5, 0.6) is 11.5 Å². The molecule has 1 N–H and O–H groups in total. The lowest BCUT2D eigenvalue weighted by Gasteiger charge is -2.13. The van der Waals surface area contributed by atoms with E-state index in [4.69, 9.17) is 9.47 Å². The first-order valence-electron chi connectivity index (χ1n) is 7.08. The highest BCUT2D eigenvalue weighted by atomic mass is 79.9. The maximum Gasteiger partial charge on any atom is 0.174 e. The molecule has 0 aromatic heterocycles. The summed E-state index contributed by atoms with van der Waals surface area (Å²) in [5, 5.41) is 3.33. The molecule has 2 aromatic carbocycles. The molecule has 0 aliphatic carbocycles. The van der Waals surface area contributed by atoms with Crippen LogP contribution < -0.4 is 14.8 Å². The molecular formula is C17H19BrFNO2. The van der Waals surface area contributed by atoms with E-state index in [1.165, 1.54) is 12.1 Å². The molecule has 0 atom stereocenters. The van der Waals surface area contributed by atoms with Gasteiger partial charge in [-0.1, -0.05) is 12.1 Å². The molecular weight excluding hydrogens is 349 g/mol. The molecule has 2 aromatic rings. The third-order valence-corrected chi connectivity index (χ3v) is 3.73. The summed E-state index contributed by atoms with van der Waals surface area (Å²) in [6, 6.07) is 10.4. The molecule has 0 saturated heterocycles. The van der Waals surface area contributed by atoms with Crippen molar-refractivity contribution in [1.82, 2.24) is 5.32 Å². The van der Waals surface area contributed by atoms with Crippen LogP contribution in [0, 0.1) is 5.82 Å². The van der Waals surface area contributed by atoms with E-state index in [0.29, 0.717) is 25.4 Å². The Morgan fingerprint density at radius 3 is 2.41 bits per heavy atom. The minimum absolute atomic E-state index is 0.218. The van der Waals surface area contributed by atoms with Crippen LogP contribution in [-0.4, -0.2) is 13.7 Å². The molecule has 0 unspecified atom stereocenters. The van der Waals surface area contributed by atoms with Crippen LogP contribution in [0.1, 0.15) is 18.1 Å². The number of benzene rings is 2. The topological polar surface area (TPSA) is 30.5 Å². The normalized spacial score (nSPS) is 10.5. The van der Waals surface area contributed by atoms with E-state index in [1.54, 1.807) is 19.2 Å². The molecule has 118 valence electrons. The summed E-state index contributed by atoms with van der Waals surface area (Å²) in [5.74, 6) is 1.20. The minimum Gasteiger partial charge on any atom is -0.492 e. The molecule has 2 rings (SSSR count). The van der Waals surface area contributed by atoms with Crippen molar-refractivity contribution in [2.45, 2.75) is 20.0 Å². The Morgan fingerprint density at radius 2 is 1.77 bits per heavy atom. The van der Waals surface area contributed by atoms with Gasteiger partial charge in [0.05, 0.1) is 18.2 Å². The highest BCUT2D eigenvalue weighted by molar-refractivity contribution is 9.10. The van der Waals surface area contributed by atoms with Crippen molar-refractivity contribution in [3.8, 4) is 11.5 Å². The fourth-order valence-electron chi connectivity index (χ4n) is 2.14.